The van der Waals surface area contributed by atoms with Crippen LogP contribution < -0.4 is 20.3 Å². The summed E-state index contributed by atoms with van der Waals surface area (Å²) in [5.41, 5.74) is 0.454. The van der Waals surface area contributed by atoms with E-state index >= 15 is 0 Å². The molecule has 2 N–H and O–H groups in total. The summed E-state index contributed by atoms with van der Waals surface area (Å²) in [5, 5.41) is 2.62. The number of hydrogen-bond acceptors (Lipinski definition) is 5. The smallest absolute Gasteiger partial charge is 0.254 e. The van der Waals surface area contributed by atoms with E-state index in [2.05, 4.69) is 10.0 Å². The fourth-order valence-electron chi connectivity index (χ4n) is 2.52. The van der Waals surface area contributed by atoms with Crippen molar-refractivity contribution in [2.45, 2.75) is 24.8 Å². The third-order valence-electron chi connectivity index (χ3n) is 3.95. The molecule has 0 saturated carbocycles. The molecule has 0 spiro atoms. The number of hydrogen-bond donors (Lipinski definition) is 2. The minimum atomic E-state index is -3.89. The van der Waals surface area contributed by atoms with Crippen LogP contribution in [0.1, 0.15) is 12.1 Å². The zero-order valence-corrected chi connectivity index (χ0v) is 16.4. The number of halogens is 1. The van der Waals surface area contributed by atoms with E-state index in [1.165, 1.54) is 29.9 Å². The van der Waals surface area contributed by atoms with Crippen LogP contribution in [0.5, 0.6) is 5.75 Å². The molecule has 2 rings (SSSR count). The Labute approximate surface area is 162 Å². The number of ether oxygens (including phenoxy) is 1. The van der Waals surface area contributed by atoms with E-state index < -0.39 is 15.8 Å². The number of methoxy groups -OCH3 is 1. The highest BCUT2D eigenvalue weighted by Crippen LogP contribution is 2.10. The van der Waals surface area contributed by atoms with Gasteiger partial charge < -0.3 is 14.6 Å². The van der Waals surface area contributed by atoms with Crippen LogP contribution in [-0.2, 0) is 21.4 Å². The average molecular weight is 411 g/mol. The molecule has 0 aliphatic carbocycles. The van der Waals surface area contributed by atoms with E-state index in [9.17, 15) is 22.4 Å². The number of nitrogens with zero attached hydrogens (tertiary/aromatic N) is 1. The van der Waals surface area contributed by atoms with E-state index in [-0.39, 0.29) is 42.4 Å². The molecule has 10 heteroatoms. The first-order chi connectivity index (χ1) is 13.2. The zero-order chi connectivity index (χ0) is 20.7. The highest BCUT2D eigenvalue weighted by molar-refractivity contribution is 7.89. The van der Waals surface area contributed by atoms with E-state index in [1.54, 1.807) is 13.0 Å². The molecule has 0 radical (unpaired) electrons. The summed E-state index contributed by atoms with van der Waals surface area (Å²) in [7, 11) is -2.41. The number of aryl methyl sites for hydroxylation is 1. The first kappa shape index (κ1) is 21.6. The molecule has 0 saturated heterocycles. The van der Waals surface area contributed by atoms with Crippen molar-refractivity contribution >= 4 is 15.9 Å². The van der Waals surface area contributed by atoms with Gasteiger partial charge in [0, 0.05) is 37.8 Å². The Bertz CT molecular complexity index is 1000. The fourth-order valence-corrected chi connectivity index (χ4v) is 3.58. The van der Waals surface area contributed by atoms with Crippen molar-refractivity contribution in [1.82, 2.24) is 14.6 Å². The summed E-state index contributed by atoms with van der Waals surface area (Å²) in [4.78, 5) is 23.7. The molecule has 1 aromatic heterocycles. The molecular weight excluding hydrogens is 389 g/mol. The van der Waals surface area contributed by atoms with E-state index in [4.69, 9.17) is 4.74 Å². The maximum Gasteiger partial charge on any atom is 0.254 e. The summed E-state index contributed by atoms with van der Waals surface area (Å²) in [6.07, 6.45) is -0.0922. The van der Waals surface area contributed by atoms with Gasteiger partial charge >= 0.3 is 0 Å². The molecule has 1 amide bonds. The lowest BCUT2D eigenvalue weighted by molar-refractivity contribution is -0.120. The van der Waals surface area contributed by atoms with Crippen LogP contribution in [0.2, 0.25) is 0 Å². The largest absolute Gasteiger partial charge is 0.496 e. The first-order valence-corrected chi connectivity index (χ1v) is 9.98. The van der Waals surface area contributed by atoms with Crippen molar-refractivity contribution in [3.05, 3.63) is 58.3 Å². The summed E-state index contributed by atoms with van der Waals surface area (Å²) >= 11 is 0. The quantitative estimate of drug-likeness (QED) is 0.635. The number of pyridine rings is 1. The highest BCUT2D eigenvalue weighted by atomic mass is 32.2. The molecule has 0 atom stereocenters. The SMILES string of the molecule is COc1cc(C)n(CCNC(=O)CCNS(=O)(=O)c2cccc(F)c2)c(=O)c1. The Hall–Kier alpha value is -2.72. The molecule has 0 unspecified atom stereocenters. The highest BCUT2D eigenvalue weighted by Gasteiger charge is 2.14. The summed E-state index contributed by atoms with van der Waals surface area (Å²) < 4.78 is 46.0. The zero-order valence-electron chi connectivity index (χ0n) is 15.6. The molecule has 2 aromatic rings. The van der Waals surface area contributed by atoms with Crippen LogP contribution in [0, 0.1) is 12.7 Å². The normalized spacial score (nSPS) is 11.2. The molecule has 0 bridgehead atoms. The predicted molar refractivity (Wildman–Crippen MR) is 101 cm³/mol. The number of benzene rings is 1. The minimum absolute atomic E-state index is 0.0922. The monoisotopic (exact) mass is 411 g/mol. The average Bonchev–Trinajstić information content (AvgIpc) is 2.63. The third-order valence-corrected chi connectivity index (χ3v) is 5.41. The third kappa shape index (κ3) is 5.89. The second-order valence-corrected chi connectivity index (χ2v) is 7.75. The summed E-state index contributed by atoms with van der Waals surface area (Å²) in [5.74, 6) is -0.570. The van der Waals surface area contributed by atoms with Crippen molar-refractivity contribution in [1.29, 1.82) is 0 Å². The molecular formula is C18H22FN3O5S. The standard InChI is InChI=1S/C18H22FN3O5S/c1-13-10-15(27-2)12-18(24)22(13)9-8-20-17(23)6-7-21-28(25,26)16-5-3-4-14(19)11-16/h3-5,10-12,21H,6-9H2,1-2H3,(H,20,23). The first-order valence-electron chi connectivity index (χ1n) is 8.50. The van der Waals surface area contributed by atoms with Crippen molar-refractivity contribution in [2.24, 2.45) is 0 Å². The van der Waals surface area contributed by atoms with Crippen molar-refractivity contribution in [2.75, 3.05) is 20.2 Å². The van der Waals surface area contributed by atoms with Gasteiger partial charge in [-0.15, -0.1) is 0 Å². The van der Waals surface area contributed by atoms with E-state index in [1.807, 2.05) is 0 Å². The van der Waals surface area contributed by atoms with Gasteiger partial charge in [0.05, 0.1) is 12.0 Å². The Kier molecular flexibility index (Phi) is 7.30. The van der Waals surface area contributed by atoms with Gasteiger partial charge in [0.25, 0.3) is 5.56 Å². The van der Waals surface area contributed by atoms with Gasteiger partial charge in [0.1, 0.15) is 11.6 Å². The lowest BCUT2D eigenvalue weighted by atomic mass is 10.3. The summed E-state index contributed by atoms with van der Waals surface area (Å²) in [6.45, 7) is 2.11. The molecule has 0 aliphatic heterocycles. The number of carbonyl (C=O) groups is 1. The van der Waals surface area contributed by atoms with Crippen LogP contribution in [0.3, 0.4) is 0 Å². The number of sulfonamides is 1. The minimum Gasteiger partial charge on any atom is -0.496 e. The molecule has 8 nitrogen and oxygen atoms in total. The second-order valence-electron chi connectivity index (χ2n) is 5.98. The molecule has 0 fully saturated rings. The summed E-state index contributed by atoms with van der Waals surface area (Å²) in [6, 6.07) is 7.67. The maximum atomic E-state index is 13.1. The number of rotatable bonds is 9. The lowest BCUT2D eigenvalue weighted by Gasteiger charge is -2.12. The number of amides is 1. The van der Waals surface area contributed by atoms with Crippen molar-refractivity contribution in [3.63, 3.8) is 0 Å². The Balaban J connectivity index is 1.80. The number of aromatic nitrogens is 1. The maximum absolute atomic E-state index is 13.1. The van der Waals surface area contributed by atoms with Crippen molar-refractivity contribution < 1.29 is 22.3 Å². The van der Waals surface area contributed by atoms with Gasteiger partial charge in [-0.2, -0.15) is 0 Å². The van der Waals surface area contributed by atoms with Crippen molar-refractivity contribution in [3.8, 4) is 5.75 Å². The van der Waals surface area contributed by atoms with Crippen LogP contribution in [-0.4, -0.2) is 39.1 Å². The van der Waals surface area contributed by atoms with Gasteiger partial charge in [0.2, 0.25) is 15.9 Å². The van der Waals surface area contributed by atoms with Gasteiger partial charge in [-0.05, 0) is 31.2 Å². The van der Waals surface area contributed by atoms with Gasteiger partial charge in [-0.25, -0.2) is 17.5 Å². The molecule has 152 valence electrons. The molecule has 1 aromatic carbocycles. The van der Waals surface area contributed by atoms with E-state index in [0.717, 1.165) is 12.1 Å². The number of nitrogens with one attached hydrogen (secondary N) is 2. The van der Waals surface area contributed by atoms with Gasteiger partial charge in [-0.1, -0.05) is 6.07 Å². The Morgan fingerprint density at radius 2 is 1.96 bits per heavy atom. The van der Waals surface area contributed by atoms with Gasteiger partial charge in [-0.3, -0.25) is 9.59 Å². The number of carbonyl (C=O) groups excluding carboxylic acids is 1. The van der Waals surface area contributed by atoms with Crippen LogP contribution in [0.15, 0.2) is 46.1 Å². The van der Waals surface area contributed by atoms with Crippen LogP contribution in [0.25, 0.3) is 0 Å². The Morgan fingerprint density at radius 3 is 2.61 bits per heavy atom. The van der Waals surface area contributed by atoms with E-state index in [0.29, 0.717) is 11.4 Å². The molecule has 28 heavy (non-hydrogen) atoms. The second kappa shape index (κ2) is 9.47. The van der Waals surface area contributed by atoms with Crippen LogP contribution in [0.4, 0.5) is 4.39 Å². The lowest BCUT2D eigenvalue weighted by Crippen LogP contribution is -2.34. The molecule has 1 heterocycles. The predicted octanol–water partition coefficient (Wildman–Crippen LogP) is 0.789. The Morgan fingerprint density at radius 1 is 1.21 bits per heavy atom. The van der Waals surface area contributed by atoms with Crippen LogP contribution >= 0.6 is 0 Å². The molecule has 0 aliphatic rings. The van der Waals surface area contributed by atoms with Gasteiger partial charge in [0.15, 0.2) is 0 Å². The fraction of sp³-hybridized carbons (Fsp3) is 0.333. The topological polar surface area (TPSA) is 106 Å².